The molecule has 116 valence electrons. The quantitative estimate of drug-likeness (QED) is 0.832. The van der Waals surface area contributed by atoms with Crippen molar-refractivity contribution in [1.29, 1.82) is 0 Å². The molecule has 1 aliphatic heterocycles. The summed E-state index contributed by atoms with van der Waals surface area (Å²) < 4.78 is 5.03. The Morgan fingerprint density at radius 3 is 2.86 bits per heavy atom. The van der Waals surface area contributed by atoms with Gasteiger partial charge in [-0.15, -0.1) is 0 Å². The van der Waals surface area contributed by atoms with Crippen molar-refractivity contribution in [1.82, 2.24) is 5.01 Å². The molecule has 1 aromatic rings. The third-order valence-electron chi connectivity index (χ3n) is 2.92. The average molecular weight is 305 g/mol. The Labute approximate surface area is 126 Å². The number of carboxylic acid groups (broad SMARTS) is 1. The first-order valence-electron chi connectivity index (χ1n) is 6.56. The summed E-state index contributed by atoms with van der Waals surface area (Å²) in [5, 5.41) is 16.3. The van der Waals surface area contributed by atoms with Gasteiger partial charge in [0.05, 0.1) is 0 Å². The number of benzene rings is 1. The minimum absolute atomic E-state index is 0.138. The summed E-state index contributed by atoms with van der Waals surface area (Å²) in [5.74, 6) is -1.30. The van der Waals surface area contributed by atoms with E-state index in [1.165, 1.54) is 13.1 Å². The molecule has 2 amide bonds. The van der Waals surface area contributed by atoms with Gasteiger partial charge in [-0.05, 0) is 12.1 Å². The number of ether oxygens (including phenoxy) is 1. The number of nitrogens with zero attached hydrogens (tertiary/aromatic N) is 2. The zero-order valence-electron chi connectivity index (χ0n) is 11.9. The third kappa shape index (κ3) is 4.05. The van der Waals surface area contributed by atoms with E-state index in [0.717, 1.165) is 5.01 Å². The Morgan fingerprint density at radius 1 is 1.41 bits per heavy atom. The summed E-state index contributed by atoms with van der Waals surface area (Å²) >= 11 is 0. The molecule has 0 bridgehead atoms. The number of carbonyl (C=O) groups is 3. The number of carboxylic acids is 1. The molecule has 0 saturated carbocycles. The molecule has 0 saturated heterocycles. The zero-order chi connectivity index (χ0) is 16.1. The van der Waals surface area contributed by atoms with E-state index < -0.39 is 18.5 Å². The van der Waals surface area contributed by atoms with Crippen LogP contribution in [-0.4, -0.2) is 47.3 Å². The highest BCUT2D eigenvalue weighted by molar-refractivity contribution is 6.43. The van der Waals surface area contributed by atoms with Crippen LogP contribution in [0.15, 0.2) is 29.4 Å². The molecule has 0 unspecified atom stereocenters. The maximum atomic E-state index is 12.1. The lowest BCUT2D eigenvalue weighted by Gasteiger charge is -2.19. The fraction of sp³-hybridized carbons (Fsp3) is 0.286. The van der Waals surface area contributed by atoms with Crippen LogP contribution in [0.1, 0.15) is 12.8 Å². The molecule has 2 N–H and O–H groups in total. The Morgan fingerprint density at radius 2 is 2.18 bits per heavy atom. The van der Waals surface area contributed by atoms with Crippen LogP contribution < -0.4 is 10.1 Å². The average Bonchev–Trinajstić information content (AvgIpc) is 2.48. The van der Waals surface area contributed by atoms with E-state index in [4.69, 9.17) is 9.84 Å². The number of rotatable bonds is 5. The van der Waals surface area contributed by atoms with Gasteiger partial charge in [0.1, 0.15) is 11.5 Å². The van der Waals surface area contributed by atoms with Gasteiger partial charge >= 0.3 is 5.97 Å². The second-order valence-corrected chi connectivity index (χ2v) is 4.63. The smallest absolute Gasteiger partial charge is 0.341 e. The molecule has 1 aliphatic rings. The van der Waals surface area contributed by atoms with E-state index in [1.54, 1.807) is 18.2 Å². The predicted octanol–water partition coefficient (Wildman–Crippen LogP) is 0.697. The maximum absolute atomic E-state index is 12.1. The van der Waals surface area contributed by atoms with Crippen molar-refractivity contribution in [3.05, 3.63) is 24.3 Å². The van der Waals surface area contributed by atoms with Crippen molar-refractivity contribution >= 4 is 29.2 Å². The third-order valence-corrected chi connectivity index (χ3v) is 2.92. The fourth-order valence-electron chi connectivity index (χ4n) is 1.84. The van der Waals surface area contributed by atoms with Crippen LogP contribution in [0, 0.1) is 0 Å². The molecule has 0 radical (unpaired) electrons. The summed E-state index contributed by atoms with van der Waals surface area (Å²) in [5.41, 5.74) is 0.717. The minimum Gasteiger partial charge on any atom is -0.482 e. The van der Waals surface area contributed by atoms with E-state index in [2.05, 4.69) is 10.4 Å². The number of hydrazone groups is 1. The first-order chi connectivity index (χ1) is 10.5. The number of carbonyl (C=O) groups excluding carboxylic acids is 2. The Balaban J connectivity index is 2.02. The summed E-state index contributed by atoms with van der Waals surface area (Å²) in [6.45, 7) is -0.461. The monoisotopic (exact) mass is 305 g/mol. The van der Waals surface area contributed by atoms with Crippen LogP contribution in [0.2, 0.25) is 0 Å². The molecule has 8 heteroatoms. The summed E-state index contributed by atoms with van der Waals surface area (Å²) in [6.07, 6.45) is 0.523. The summed E-state index contributed by atoms with van der Waals surface area (Å²) in [6, 6.07) is 6.37. The number of amides is 2. The first-order valence-corrected chi connectivity index (χ1v) is 6.56. The molecular formula is C14H15N3O5. The number of nitrogens with one attached hydrogen (secondary N) is 1. The van der Waals surface area contributed by atoms with Gasteiger partial charge in [0.15, 0.2) is 6.61 Å². The second kappa shape index (κ2) is 6.70. The van der Waals surface area contributed by atoms with Gasteiger partial charge in [0, 0.05) is 31.6 Å². The standard InChI is InChI=1S/C14H15N3O5/c1-17-12(18)6-5-11(16-17)14(21)15-9-3-2-4-10(7-9)22-8-13(19)20/h2-4,7H,5-6,8H2,1H3,(H,15,21)(H,19,20). The fourth-order valence-corrected chi connectivity index (χ4v) is 1.84. The molecule has 0 aliphatic carbocycles. The topological polar surface area (TPSA) is 108 Å². The van der Waals surface area contributed by atoms with E-state index >= 15 is 0 Å². The summed E-state index contributed by atoms with van der Waals surface area (Å²) in [7, 11) is 1.50. The number of aliphatic carboxylic acids is 1. The van der Waals surface area contributed by atoms with Gasteiger partial charge in [-0.1, -0.05) is 6.07 Å². The van der Waals surface area contributed by atoms with Gasteiger partial charge < -0.3 is 15.2 Å². The van der Waals surface area contributed by atoms with Crippen molar-refractivity contribution in [2.75, 3.05) is 19.0 Å². The SMILES string of the molecule is CN1N=C(C(=O)Nc2cccc(OCC(=O)O)c2)CCC1=O. The molecule has 22 heavy (non-hydrogen) atoms. The van der Waals surface area contributed by atoms with Crippen molar-refractivity contribution in [2.45, 2.75) is 12.8 Å². The van der Waals surface area contributed by atoms with Gasteiger partial charge in [0.25, 0.3) is 5.91 Å². The van der Waals surface area contributed by atoms with Crippen molar-refractivity contribution in [3.63, 3.8) is 0 Å². The number of anilines is 1. The largest absolute Gasteiger partial charge is 0.482 e. The number of hydrogen-bond acceptors (Lipinski definition) is 5. The lowest BCUT2D eigenvalue weighted by molar-refractivity contribution is -0.139. The predicted molar refractivity (Wildman–Crippen MR) is 77.6 cm³/mol. The van der Waals surface area contributed by atoms with Crippen LogP contribution in [0.4, 0.5) is 5.69 Å². The molecule has 0 spiro atoms. The lowest BCUT2D eigenvalue weighted by Crippen LogP contribution is -2.34. The van der Waals surface area contributed by atoms with Crippen molar-refractivity contribution < 1.29 is 24.2 Å². The van der Waals surface area contributed by atoms with E-state index in [0.29, 0.717) is 11.4 Å². The van der Waals surface area contributed by atoms with Crippen LogP contribution in [0.3, 0.4) is 0 Å². The maximum Gasteiger partial charge on any atom is 0.341 e. The molecule has 0 atom stereocenters. The summed E-state index contributed by atoms with van der Waals surface area (Å²) in [4.78, 5) is 33.9. The van der Waals surface area contributed by atoms with Crippen LogP contribution in [0.5, 0.6) is 5.75 Å². The molecule has 8 nitrogen and oxygen atoms in total. The highest BCUT2D eigenvalue weighted by Gasteiger charge is 2.22. The Hall–Kier alpha value is -2.90. The Kier molecular flexibility index (Phi) is 4.72. The van der Waals surface area contributed by atoms with Crippen LogP contribution in [-0.2, 0) is 14.4 Å². The van der Waals surface area contributed by atoms with E-state index in [1.807, 2.05) is 0 Å². The van der Waals surface area contributed by atoms with Gasteiger partial charge in [0.2, 0.25) is 5.91 Å². The lowest BCUT2D eigenvalue weighted by atomic mass is 10.1. The van der Waals surface area contributed by atoms with Crippen molar-refractivity contribution in [2.24, 2.45) is 5.10 Å². The van der Waals surface area contributed by atoms with Crippen LogP contribution >= 0.6 is 0 Å². The molecule has 2 rings (SSSR count). The van der Waals surface area contributed by atoms with Crippen LogP contribution in [0.25, 0.3) is 0 Å². The second-order valence-electron chi connectivity index (χ2n) is 4.63. The molecule has 1 aromatic carbocycles. The highest BCUT2D eigenvalue weighted by atomic mass is 16.5. The normalized spacial score (nSPS) is 14.3. The Bertz CT molecular complexity index is 641. The molecule has 0 fully saturated rings. The molecule has 1 heterocycles. The first kappa shape index (κ1) is 15.5. The van der Waals surface area contributed by atoms with Gasteiger partial charge in [-0.25, -0.2) is 9.80 Å². The van der Waals surface area contributed by atoms with E-state index in [-0.39, 0.29) is 24.5 Å². The highest BCUT2D eigenvalue weighted by Crippen LogP contribution is 2.18. The van der Waals surface area contributed by atoms with Crippen molar-refractivity contribution in [3.8, 4) is 5.75 Å². The molecular weight excluding hydrogens is 290 g/mol. The van der Waals surface area contributed by atoms with Gasteiger partial charge in [-0.3, -0.25) is 9.59 Å². The minimum atomic E-state index is -1.08. The van der Waals surface area contributed by atoms with E-state index in [9.17, 15) is 14.4 Å². The number of hydrogen-bond donors (Lipinski definition) is 2. The zero-order valence-corrected chi connectivity index (χ0v) is 11.9. The van der Waals surface area contributed by atoms with Gasteiger partial charge in [-0.2, -0.15) is 5.10 Å². The molecule has 0 aromatic heterocycles.